The van der Waals surface area contributed by atoms with Crippen LogP contribution in [-0.4, -0.2) is 21.6 Å². The third kappa shape index (κ3) is 3.55. The largest absolute Gasteiger partial charge is 0.329 e. The molecule has 0 aliphatic carbocycles. The van der Waals surface area contributed by atoms with Gasteiger partial charge in [0.1, 0.15) is 6.54 Å². The molecule has 26 heavy (non-hydrogen) atoms. The van der Waals surface area contributed by atoms with Crippen LogP contribution in [0.25, 0.3) is 11.0 Å². The summed E-state index contributed by atoms with van der Waals surface area (Å²) in [5, 5.41) is 6.20. The Kier molecular flexibility index (Phi) is 5.53. The van der Waals surface area contributed by atoms with Crippen molar-refractivity contribution in [2.75, 3.05) is 11.9 Å². The number of imidazole rings is 1. The summed E-state index contributed by atoms with van der Waals surface area (Å²) in [6.45, 7) is 6.06. The first kappa shape index (κ1) is 17.9. The van der Waals surface area contributed by atoms with E-state index < -0.39 is 0 Å². The molecule has 1 aromatic heterocycles. The van der Waals surface area contributed by atoms with E-state index in [-0.39, 0.29) is 18.1 Å². The van der Waals surface area contributed by atoms with Gasteiger partial charge in [0.15, 0.2) is 0 Å². The summed E-state index contributed by atoms with van der Waals surface area (Å²) >= 11 is 0. The van der Waals surface area contributed by atoms with Gasteiger partial charge in [-0.15, -0.1) is 0 Å². The zero-order valence-electron chi connectivity index (χ0n) is 15.2. The fraction of sp³-hybridized carbons (Fsp3) is 0.300. The van der Waals surface area contributed by atoms with Crippen molar-refractivity contribution in [1.29, 1.82) is 0 Å². The number of carbonyl (C=O) groups excluding carboxylic acids is 1. The van der Waals surface area contributed by atoms with E-state index in [0.29, 0.717) is 13.1 Å². The molecule has 0 radical (unpaired) electrons. The third-order valence-electron chi connectivity index (χ3n) is 4.40. The molecule has 0 saturated carbocycles. The molecule has 1 amide bonds. The number of aromatic nitrogens is 2. The molecule has 0 unspecified atom stereocenters. The maximum atomic E-state index is 12.7. The van der Waals surface area contributed by atoms with Crippen molar-refractivity contribution in [3.63, 3.8) is 0 Å². The van der Waals surface area contributed by atoms with E-state index in [9.17, 15) is 9.59 Å². The fourth-order valence-corrected chi connectivity index (χ4v) is 3.12. The summed E-state index contributed by atoms with van der Waals surface area (Å²) in [7, 11) is 0. The molecular weight excluding hydrogens is 328 g/mol. The van der Waals surface area contributed by atoms with E-state index in [2.05, 4.69) is 10.6 Å². The topological polar surface area (TPSA) is 68.1 Å². The minimum Gasteiger partial charge on any atom is -0.324 e. The minimum atomic E-state index is -0.213. The van der Waals surface area contributed by atoms with Crippen LogP contribution < -0.4 is 16.3 Å². The van der Waals surface area contributed by atoms with Crippen LogP contribution in [0.2, 0.25) is 0 Å². The first-order valence-electron chi connectivity index (χ1n) is 8.92. The van der Waals surface area contributed by atoms with E-state index in [1.165, 1.54) is 4.57 Å². The zero-order chi connectivity index (χ0) is 18.5. The van der Waals surface area contributed by atoms with Gasteiger partial charge in [0, 0.05) is 18.8 Å². The van der Waals surface area contributed by atoms with Crippen LogP contribution in [0.5, 0.6) is 0 Å². The fourth-order valence-electron chi connectivity index (χ4n) is 3.12. The zero-order valence-corrected chi connectivity index (χ0v) is 15.2. The van der Waals surface area contributed by atoms with Gasteiger partial charge in [-0.1, -0.05) is 37.3 Å². The number of rotatable bonds is 7. The number of anilines is 1. The highest BCUT2D eigenvalue weighted by molar-refractivity contribution is 5.92. The number of carbonyl (C=O) groups is 1. The summed E-state index contributed by atoms with van der Waals surface area (Å²) in [4.78, 5) is 25.3. The third-order valence-corrected chi connectivity index (χ3v) is 4.40. The van der Waals surface area contributed by atoms with Gasteiger partial charge in [-0.3, -0.25) is 13.9 Å². The van der Waals surface area contributed by atoms with E-state index in [0.717, 1.165) is 28.8 Å². The van der Waals surface area contributed by atoms with Crippen LogP contribution in [0.3, 0.4) is 0 Å². The van der Waals surface area contributed by atoms with Crippen LogP contribution in [0.1, 0.15) is 19.4 Å². The summed E-state index contributed by atoms with van der Waals surface area (Å²) in [5.41, 5.74) is 3.25. The van der Waals surface area contributed by atoms with Crippen molar-refractivity contribution in [3.8, 4) is 0 Å². The van der Waals surface area contributed by atoms with Gasteiger partial charge in [0.25, 0.3) is 0 Å². The number of aryl methyl sites for hydroxylation is 1. The van der Waals surface area contributed by atoms with E-state index in [4.69, 9.17) is 0 Å². The number of amides is 1. The van der Waals surface area contributed by atoms with Gasteiger partial charge in [0.05, 0.1) is 11.0 Å². The molecule has 0 aliphatic heterocycles. The van der Waals surface area contributed by atoms with Crippen molar-refractivity contribution in [2.24, 2.45) is 0 Å². The highest BCUT2D eigenvalue weighted by Gasteiger charge is 2.15. The second-order valence-corrected chi connectivity index (χ2v) is 6.09. The van der Waals surface area contributed by atoms with Gasteiger partial charge < -0.3 is 10.6 Å². The molecule has 0 spiro atoms. The van der Waals surface area contributed by atoms with Crippen LogP contribution >= 0.6 is 0 Å². The van der Waals surface area contributed by atoms with Crippen molar-refractivity contribution in [3.05, 3.63) is 64.6 Å². The Morgan fingerprint density at radius 2 is 1.62 bits per heavy atom. The summed E-state index contributed by atoms with van der Waals surface area (Å²) in [6.07, 6.45) is 0. The molecule has 6 nitrogen and oxygen atoms in total. The number of para-hydroxylation sites is 3. The lowest BCUT2D eigenvalue weighted by molar-refractivity contribution is -0.116. The number of hydrogen-bond donors (Lipinski definition) is 2. The van der Waals surface area contributed by atoms with Crippen LogP contribution in [0, 0.1) is 0 Å². The molecule has 3 aromatic rings. The number of benzene rings is 2. The number of nitrogens with zero attached hydrogens (tertiary/aromatic N) is 2. The number of hydrogen-bond acceptors (Lipinski definition) is 3. The molecule has 2 aromatic carbocycles. The molecule has 6 heteroatoms. The molecule has 3 rings (SSSR count). The number of nitrogens with one attached hydrogen (secondary N) is 2. The maximum Gasteiger partial charge on any atom is 0.329 e. The molecule has 0 aliphatic rings. The lowest BCUT2D eigenvalue weighted by Gasteiger charge is -2.11. The highest BCUT2D eigenvalue weighted by Crippen LogP contribution is 2.16. The SMILES string of the molecule is CCNCc1ccccc1NC(=O)Cn1c(=O)n(CC)c2ccccc21. The van der Waals surface area contributed by atoms with Gasteiger partial charge >= 0.3 is 5.69 Å². The Balaban J connectivity index is 1.85. The van der Waals surface area contributed by atoms with Gasteiger partial charge in [-0.2, -0.15) is 0 Å². The Morgan fingerprint density at radius 1 is 0.962 bits per heavy atom. The van der Waals surface area contributed by atoms with E-state index in [1.807, 2.05) is 62.4 Å². The lowest BCUT2D eigenvalue weighted by atomic mass is 10.1. The van der Waals surface area contributed by atoms with Crippen molar-refractivity contribution < 1.29 is 4.79 Å². The normalized spacial score (nSPS) is 11.0. The number of fused-ring (bicyclic) bond motifs is 1. The minimum absolute atomic E-state index is 0.0120. The van der Waals surface area contributed by atoms with Crippen molar-refractivity contribution >= 4 is 22.6 Å². The van der Waals surface area contributed by atoms with Gasteiger partial charge in [0.2, 0.25) is 5.91 Å². The van der Waals surface area contributed by atoms with E-state index in [1.54, 1.807) is 4.57 Å². The molecule has 1 heterocycles. The molecule has 0 saturated heterocycles. The lowest BCUT2D eigenvalue weighted by Crippen LogP contribution is -2.29. The van der Waals surface area contributed by atoms with Gasteiger partial charge in [-0.25, -0.2) is 4.79 Å². The second kappa shape index (κ2) is 8.01. The first-order valence-corrected chi connectivity index (χ1v) is 8.92. The summed E-state index contributed by atoms with van der Waals surface area (Å²) in [5.74, 6) is -0.213. The van der Waals surface area contributed by atoms with Crippen molar-refractivity contribution in [1.82, 2.24) is 14.5 Å². The summed E-state index contributed by atoms with van der Waals surface area (Å²) < 4.78 is 3.21. The molecule has 0 atom stereocenters. The molecule has 0 bridgehead atoms. The smallest absolute Gasteiger partial charge is 0.324 e. The summed E-state index contributed by atoms with van der Waals surface area (Å²) in [6, 6.07) is 15.2. The average Bonchev–Trinajstić information content (AvgIpc) is 2.92. The standard InChI is InChI=1S/C20H24N4O2/c1-3-21-13-15-9-5-6-10-16(15)22-19(25)14-24-18-12-8-7-11-17(18)23(4-2)20(24)26/h5-12,21H,3-4,13-14H2,1-2H3,(H,22,25). The molecule has 2 N–H and O–H groups in total. The first-order chi connectivity index (χ1) is 12.7. The monoisotopic (exact) mass is 352 g/mol. The van der Waals surface area contributed by atoms with Crippen LogP contribution in [0.15, 0.2) is 53.3 Å². The highest BCUT2D eigenvalue weighted by atomic mass is 16.2. The van der Waals surface area contributed by atoms with Crippen molar-refractivity contribution in [2.45, 2.75) is 33.5 Å². The Labute approximate surface area is 152 Å². The molecular formula is C20H24N4O2. The Morgan fingerprint density at radius 3 is 2.31 bits per heavy atom. The maximum absolute atomic E-state index is 12.7. The molecule has 136 valence electrons. The van der Waals surface area contributed by atoms with Crippen LogP contribution in [0.4, 0.5) is 5.69 Å². The van der Waals surface area contributed by atoms with E-state index >= 15 is 0 Å². The predicted molar refractivity (Wildman–Crippen MR) is 104 cm³/mol. The second-order valence-electron chi connectivity index (χ2n) is 6.09. The average molecular weight is 352 g/mol. The molecule has 0 fully saturated rings. The van der Waals surface area contributed by atoms with Gasteiger partial charge in [-0.05, 0) is 37.2 Å². The predicted octanol–water partition coefficient (Wildman–Crippen LogP) is 2.57. The quantitative estimate of drug-likeness (QED) is 0.687. The Bertz CT molecular complexity index is 971. The Hall–Kier alpha value is -2.86. The van der Waals surface area contributed by atoms with Crippen LogP contribution in [-0.2, 0) is 24.4 Å².